The van der Waals surface area contributed by atoms with E-state index in [0.29, 0.717) is 24.3 Å². The zero-order valence-electron chi connectivity index (χ0n) is 12.7. The minimum atomic E-state index is -0.0584. The normalized spacial score (nSPS) is 22.2. The van der Waals surface area contributed by atoms with Gasteiger partial charge in [0.2, 0.25) is 5.91 Å². The van der Waals surface area contributed by atoms with E-state index in [0.717, 1.165) is 19.5 Å². The molecule has 1 heterocycles. The van der Waals surface area contributed by atoms with Crippen LogP contribution in [0.15, 0.2) is 24.3 Å². The van der Waals surface area contributed by atoms with Gasteiger partial charge in [0.1, 0.15) is 0 Å². The van der Waals surface area contributed by atoms with Crippen molar-refractivity contribution in [3.63, 3.8) is 0 Å². The van der Waals surface area contributed by atoms with Crippen molar-refractivity contribution in [1.82, 2.24) is 4.90 Å². The monoisotopic (exact) mass is 289 g/mol. The number of carbonyl (C=O) groups is 2. The molecule has 1 fully saturated rings. The number of likely N-dealkylation sites (tertiary alicyclic amines) is 1. The summed E-state index contributed by atoms with van der Waals surface area (Å²) in [6.07, 6.45) is 1.02. The summed E-state index contributed by atoms with van der Waals surface area (Å²) in [6.45, 7) is 6.42. The van der Waals surface area contributed by atoms with Gasteiger partial charge in [-0.2, -0.15) is 0 Å². The van der Waals surface area contributed by atoms with Crippen LogP contribution >= 0.6 is 0 Å². The quantitative estimate of drug-likeness (QED) is 0.805. The molecule has 0 aromatic heterocycles. The van der Waals surface area contributed by atoms with Crippen LogP contribution in [-0.4, -0.2) is 42.8 Å². The van der Waals surface area contributed by atoms with Crippen molar-refractivity contribution < 1.29 is 9.59 Å². The molecule has 3 N–H and O–H groups in total. The maximum absolute atomic E-state index is 12.1. The lowest BCUT2D eigenvalue weighted by atomic mass is 9.90. The Balaban J connectivity index is 1.91. The molecule has 0 aliphatic carbocycles. The lowest BCUT2D eigenvalue weighted by molar-refractivity contribution is -0.117. The van der Waals surface area contributed by atoms with E-state index in [1.54, 1.807) is 24.3 Å². The number of benzene rings is 1. The van der Waals surface area contributed by atoms with Gasteiger partial charge in [0.15, 0.2) is 5.78 Å². The molecule has 5 heteroatoms. The molecule has 1 unspecified atom stereocenters. The van der Waals surface area contributed by atoms with E-state index in [1.165, 1.54) is 6.92 Å². The van der Waals surface area contributed by atoms with E-state index >= 15 is 0 Å². The van der Waals surface area contributed by atoms with Crippen molar-refractivity contribution in [2.24, 2.45) is 11.1 Å². The highest BCUT2D eigenvalue weighted by atomic mass is 16.2. The first-order valence-corrected chi connectivity index (χ1v) is 7.25. The number of amides is 1. The van der Waals surface area contributed by atoms with E-state index in [9.17, 15) is 9.59 Å². The number of nitrogens with zero attached hydrogens (tertiary/aromatic N) is 1. The number of nitrogens with one attached hydrogen (secondary N) is 1. The van der Waals surface area contributed by atoms with Crippen LogP contribution in [0.2, 0.25) is 0 Å². The van der Waals surface area contributed by atoms with Gasteiger partial charge in [-0.25, -0.2) is 0 Å². The van der Waals surface area contributed by atoms with Crippen LogP contribution < -0.4 is 11.1 Å². The van der Waals surface area contributed by atoms with Crippen molar-refractivity contribution in [2.75, 3.05) is 31.5 Å². The van der Waals surface area contributed by atoms with Crippen molar-refractivity contribution in [1.29, 1.82) is 0 Å². The van der Waals surface area contributed by atoms with Gasteiger partial charge >= 0.3 is 0 Å². The molecule has 1 atom stereocenters. The van der Waals surface area contributed by atoms with E-state index in [-0.39, 0.29) is 17.1 Å². The molecule has 2 rings (SSSR count). The SMILES string of the molecule is CC(=O)c1cccc(NC(=O)CN2CCC(C)(CN)C2)c1. The number of Topliss-reactive ketones (excluding diaryl/α,β-unsaturated/α-hetero) is 1. The predicted molar refractivity (Wildman–Crippen MR) is 83.3 cm³/mol. The summed E-state index contributed by atoms with van der Waals surface area (Å²) < 4.78 is 0. The number of ketones is 1. The summed E-state index contributed by atoms with van der Waals surface area (Å²) in [5, 5.41) is 2.85. The third-order valence-corrected chi connectivity index (χ3v) is 4.05. The number of nitrogens with two attached hydrogens (primary N) is 1. The fourth-order valence-electron chi connectivity index (χ4n) is 2.65. The van der Waals surface area contributed by atoms with Crippen LogP contribution in [0.3, 0.4) is 0 Å². The second kappa shape index (κ2) is 6.37. The van der Waals surface area contributed by atoms with Crippen LogP contribution in [0.5, 0.6) is 0 Å². The molecule has 1 aromatic carbocycles. The zero-order valence-corrected chi connectivity index (χ0v) is 12.7. The summed E-state index contributed by atoms with van der Waals surface area (Å²) in [6, 6.07) is 7.01. The Morgan fingerprint density at radius 1 is 1.43 bits per heavy atom. The third kappa shape index (κ3) is 4.12. The highest BCUT2D eigenvalue weighted by Crippen LogP contribution is 2.28. The van der Waals surface area contributed by atoms with Gasteiger partial charge in [0.05, 0.1) is 6.54 Å². The average Bonchev–Trinajstić information content (AvgIpc) is 2.81. The summed E-state index contributed by atoms with van der Waals surface area (Å²) in [4.78, 5) is 25.5. The number of hydrogen-bond acceptors (Lipinski definition) is 4. The Morgan fingerprint density at radius 3 is 2.81 bits per heavy atom. The first-order chi connectivity index (χ1) is 9.92. The summed E-state index contributed by atoms with van der Waals surface area (Å²) in [5.41, 5.74) is 7.15. The van der Waals surface area contributed by atoms with Gasteiger partial charge in [-0.3, -0.25) is 14.5 Å². The Labute approximate surface area is 125 Å². The van der Waals surface area contributed by atoms with Crippen LogP contribution in [0, 0.1) is 5.41 Å². The maximum atomic E-state index is 12.1. The van der Waals surface area contributed by atoms with Gasteiger partial charge in [-0.1, -0.05) is 19.1 Å². The van der Waals surface area contributed by atoms with E-state index < -0.39 is 0 Å². The molecule has 114 valence electrons. The lowest BCUT2D eigenvalue weighted by Gasteiger charge is -2.22. The van der Waals surface area contributed by atoms with Crippen LogP contribution in [-0.2, 0) is 4.79 Å². The lowest BCUT2D eigenvalue weighted by Crippen LogP contribution is -2.35. The molecular weight excluding hydrogens is 266 g/mol. The largest absolute Gasteiger partial charge is 0.330 e. The smallest absolute Gasteiger partial charge is 0.238 e. The van der Waals surface area contributed by atoms with Gasteiger partial charge in [0.25, 0.3) is 0 Å². The molecule has 0 spiro atoms. The molecule has 1 aliphatic rings. The minimum absolute atomic E-state index is 0.00986. The molecule has 5 nitrogen and oxygen atoms in total. The maximum Gasteiger partial charge on any atom is 0.238 e. The Morgan fingerprint density at radius 2 is 2.19 bits per heavy atom. The fourth-order valence-corrected chi connectivity index (χ4v) is 2.65. The second-order valence-electron chi connectivity index (χ2n) is 6.16. The van der Waals surface area contributed by atoms with E-state index in [4.69, 9.17) is 5.73 Å². The minimum Gasteiger partial charge on any atom is -0.330 e. The molecule has 0 bridgehead atoms. The predicted octanol–water partition coefficient (Wildman–Crippen LogP) is 1.50. The Hall–Kier alpha value is -1.72. The second-order valence-corrected chi connectivity index (χ2v) is 6.16. The first kappa shape index (κ1) is 15.7. The molecule has 1 saturated heterocycles. The first-order valence-electron chi connectivity index (χ1n) is 7.25. The molecule has 21 heavy (non-hydrogen) atoms. The van der Waals surface area contributed by atoms with Gasteiger partial charge < -0.3 is 11.1 Å². The standard InChI is InChI=1S/C16H23N3O2/c1-12(20)13-4-3-5-14(8-13)18-15(21)9-19-7-6-16(2,10-17)11-19/h3-5,8H,6-7,9-11,17H2,1-2H3,(H,18,21). The molecule has 1 aliphatic heterocycles. The zero-order chi connectivity index (χ0) is 15.5. The Kier molecular flexibility index (Phi) is 4.75. The van der Waals surface area contributed by atoms with Gasteiger partial charge in [0, 0.05) is 17.8 Å². The number of carbonyl (C=O) groups excluding carboxylic acids is 2. The topological polar surface area (TPSA) is 75.4 Å². The average molecular weight is 289 g/mol. The summed E-state index contributed by atoms with van der Waals surface area (Å²) >= 11 is 0. The van der Waals surface area contributed by atoms with Crippen LogP contribution in [0.4, 0.5) is 5.69 Å². The van der Waals surface area contributed by atoms with Crippen LogP contribution in [0.1, 0.15) is 30.6 Å². The van der Waals surface area contributed by atoms with E-state index in [2.05, 4.69) is 17.1 Å². The third-order valence-electron chi connectivity index (χ3n) is 4.05. The number of rotatable bonds is 5. The van der Waals surface area contributed by atoms with Crippen molar-refractivity contribution in [3.8, 4) is 0 Å². The van der Waals surface area contributed by atoms with Crippen molar-refractivity contribution >= 4 is 17.4 Å². The summed E-state index contributed by atoms with van der Waals surface area (Å²) in [5.74, 6) is -0.0682. The number of anilines is 1. The van der Waals surface area contributed by atoms with Crippen LogP contribution in [0.25, 0.3) is 0 Å². The fraction of sp³-hybridized carbons (Fsp3) is 0.500. The molecule has 0 radical (unpaired) electrons. The molecule has 1 aromatic rings. The highest BCUT2D eigenvalue weighted by molar-refractivity contribution is 5.97. The number of hydrogen-bond donors (Lipinski definition) is 2. The van der Waals surface area contributed by atoms with Gasteiger partial charge in [-0.15, -0.1) is 0 Å². The Bertz CT molecular complexity index is 544. The van der Waals surface area contributed by atoms with Crippen molar-refractivity contribution in [3.05, 3.63) is 29.8 Å². The highest BCUT2D eigenvalue weighted by Gasteiger charge is 2.33. The molecule has 1 amide bonds. The molecule has 0 saturated carbocycles. The summed E-state index contributed by atoms with van der Waals surface area (Å²) in [7, 11) is 0. The van der Waals surface area contributed by atoms with Gasteiger partial charge in [-0.05, 0) is 44.0 Å². The van der Waals surface area contributed by atoms with Crippen molar-refractivity contribution in [2.45, 2.75) is 20.3 Å². The van der Waals surface area contributed by atoms with E-state index in [1.807, 2.05) is 0 Å². The molecular formula is C16H23N3O2.